The first-order chi connectivity index (χ1) is 31.1. The van der Waals surface area contributed by atoms with Gasteiger partial charge < -0.3 is 48.5 Å². The number of nitrogens with one attached hydrogen (secondary N) is 1. The third-order valence-corrected chi connectivity index (χ3v) is 14.2. The SMILES string of the molecule is COc1cc2cc(c1Cl)N(C)C(=O)C[C@H](OC(=O)[C@H](C)N(C)C(=O)CCSC1CC(=O)N(c3ccc(C(=O)[O-])cc3)C1=O)[C@@]1(C)O[C@H]1[C@H](C)[C@@H]1C[C@@](O)(NC(=O)O1)[C@H](OC)/C=C/C=C(\C)C2. The average molecular weight is 954 g/mol. The number of alkyl carbamates (subject to hydrolysis) is 1. The van der Waals surface area contributed by atoms with Gasteiger partial charge in [-0.25, -0.2) is 14.5 Å². The number of allylic oxidation sites excluding steroid dienone is 3. The van der Waals surface area contributed by atoms with E-state index in [1.54, 1.807) is 38.1 Å². The molecule has 66 heavy (non-hydrogen) atoms. The zero-order valence-electron chi connectivity index (χ0n) is 37.9. The molecule has 3 fully saturated rings. The van der Waals surface area contributed by atoms with E-state index in [4.69, 9.17) is 35.3 Å². The van der Waals surface area contributed by atoms with E-state index in [9.17, 15) is 43.8 Å². The largest absolute Gasteiger partial charge is 0.545 e. The minimum absolute atomic E-state index is 0.107. The summed E-state index contributed by atoms with van der Waals surface area (Å²) in [5.74, 6) is -4.34. The Morgan fingerprint density at radius 2 is 1.80 bits per heavy atom. The number of benzene rings is 2. The highest BCUT2D eigenvalue weighted by molar-refractivity contribution is 8.00. The zero-order chi connectivity index (χ0) is 48.4. The monoisotopic (exact) mass is 953 g/mol. The summed E-state index contributed by atoms with van der Waals surface area (Å²) in [5.41, 5.74) is -1.11. The highest BCUT2D eigenvalue weighted by Crippen LogP contribution is 2.49. The molecule has 2 aromatic carbocycles. The first-order valence-electron chi connectivity index (χ1n) is 21.3. The number of carbonyl (C=O) groups is 7. The number of ether oxygens (including phenoxy) is 5. The molecule has 20 heteroatoms. The summed E-state index contributed by atoms with van der Waals surface area (Å²) >= 11 is 7.90. The Hall–Kier alpha value is -5.47. The van der Waals surface area contributed by atoms with Crippen LogP contribution in [0.15, 0.2) is 60.2 Å². The number of nitrogens with zero attached hydrogens (tertiary/aromatic N) is 3. The maximum absolute atomic E-state index is 14.3. The molecule has 0 aliphatic carbocycles. The van der Waals surface area contributed by atoms with Crippen molar-refractivity contribution in [3.8, 4) is 5.75 Å². The fraction of sp³-hybridized carbons (Fsp3) is 0.500. The number of carboxylic acids is 1. The lowest BCUT2D eigenvalue weighted by Gasteiger charge is -2.42. The topological polar surface area (TPSA) is 234 Å². The number of anilines is 2. The summed E-state index contributed by atoms with van der Waals surface area (Å²) in [6.07, 6.45) is 0.0650. The molecule has 4 heterocycles. The highest BCUT2D eigenvalue weighted by Gasteiger charge is 2.64. The van der Waals surface area contributed by atoms with Crippen LogP contribution >= 0.6 is 23.4 Å². The second kappa shape index (κ2) is 20.2. The summed E-state index contributed by atoms with van der Waals surface area (Å²) in [6.45, 7) is 6.78. The zero-order valence-corrected chi connectivity index (χ0v) is 39.4. The fourth-order valence-corrected chi connectivity index (χ4v) is 9.83. The van der Waals surface area contributed by atoms with Crippen molar-refractivity contribution in [1.82, 2.24) is 10.2 Å². The van der Waals surface area contributed by atoms with Crippen molar-refractivity contribution >= 4 is 76.4 Å². The molecule has 2 aromatic rings. The van der Waals surface area contributed by atoms with Gasteiger partial charge in [0.2, 0.25) is 23.6 Å². The van der Waals surface area contributed by atoms with E-state index in [1.807, 2.05) is 13.0 Å². The number of aliphatic hydroxyl groups is 1. The lowest BCUT2D eigenvalue weighted by molar-refractivity contribution is -0.255. The molecule has 5 amide bonds. The van der Waals surface area contributed by atoms with Crippen molar-refractivity contribution in [2.75, 3.05) is 43.9 Å². The van der Waals surface area contributed by atoms with E-state index < -0.39 is 101 Å². The summed E-state index contributed by atoms with van der Waals surface area (Å²) < 4.78 is 29.3. The van der Waals surface area contributed by atoms with Crippen molar-refractivity contribution < 1.29 is 67.5 Å². The third kappa shape index (κ3) is 10.5. The Kier molecular flexibility index (Phi) is 15.3. The van der Waals surface area contributed by atoms with Crippen LogP contribution in [0.3, 0.4) is 0 Å². The van der Waals surface area contributed by atoms with Gasteiger partial charge >= 0.3 is 12.1 Å². The molecule has 9 atom stereocenters. The molecule has 4 aliphatic rings. The molecule has 0 spiro atoms. The van der Waals surface area contributed by atoms with Crippen LogP contribution < -0.4 is 25.0 Å². The van der Waals surface area contributed by atoms with Gasteiger partial charge in [0.1, 0.15) is 40.7 Å². The number of epoxide rings is 1. The van der Waals surface area contributed by atoms with Crippen LogP contribution in [0, 0.1) is 5.92 Å². The maximum atomic E-state index is 14.3. The van der Waals surface area contributed by atoms with Crippen LogP contribution in [0.1, 0.15) is 69.3 Å². The predicted octanol–water partition coefficient (Wildman–Crippen LogP) is 3.33. The number of amides is 5. The second-order valence-electron chi connectivity index (χ2n) is 17.1. The number of esters is 1. The number of rotatable bonds is 11. The van der Waals surface area contributed by atoms with Crippen LogP contribution in [0.2, 0.25) is 5.02 Å². The van der Waals surface area contributed by atoms with Crippen LogP contribution in [-0.2, 0) is 49.3 Å². The molecule has 0 radical (unpaired) electrons. The molecular formula is C46H54ClN4O14S-. The Labute approximate surface area is 391 Å². The van der Waals surface area contributed by atoms with Crippen LogP contribution in [0.4, 0.5) is 16.2 Å². The van der Waals surface area contributed by atoms with Gasteiger partial charge in [0.15, 0.2) is 5.72 Å². The lowest BCUT2D eigenvalue weighted by atomic mass is 9.83. The van der Waals surface area contributed by atoms with Crippen molar-refractivity contribution in [3.05, 3.63) is 76.3 Å². The van der Waals surface area contributed by atoms with E-state index in [2.05, 4.69) is 5.32 Å². The number of fused-ring (bicyclic) bond motifs is 5. The highest BCUT2D eigenvalue weighted by atomic mass is 35.5. The standard InChI is InChI=1S/C46H55ClN4O14S/c1-24-10-9-11-34(62-8)46(60)23-32(63-44(59)48-46)25(2)40-45(4,65-40)35(22-37(53)50(6)30-19-27(18-24)20-31(61-7)39(30)47)64-43(58)26(3)49(5)36(52)16-17-66-33-21-38(54)51(41(33)55)29-14-12-28(13-15-29)42(56)57/h9-15,19-20,25-26,32-35,40,60H,16-18,21-23H2,1-8H3,(H,48,59)(H,56,57)/p-1/b11-9+,24-10+/t25-,26+,32+,33?,34-,35+,40+,45-,46+/m1/s1. The molecule has 1 unspecified atom stereocenters. The van der Waals surface area contributed by atoms with Crippen molar-refractivity contribution in [2.45, 2.75) is 107 Å². The van der Waals surface area contributed by atoms with Gasteiger partial charge in [0.25, 0.3) is 0 Å². The van der Waals surface area contributed by atoms with Crippen LogP contribution in [0.5, 0.6) is 5.75 Å². The summed E-state index contributed by atoms with van der Waals surface area (Å²) in [4.78, 5) is 95.4. The number of hydrogen-bond acceptors (Lipinski definition) is 15. The molecule has 3 saturated heterocycles. The first-order valence-corrected chi connectivity index (χ1v) is 22.7. The van der Waals surface area contributed by atoms with Gasteiger partial charge in [-0.2, -0.15) is 0 Å². The number of hydrogen-bond donors (Lipinski definition) is 2. The van der Waals surface area contributed by atoms with E-state index >= 15 is 0 Å². The maximum Gasteiger partial charge on any atom is 0.409 e. The molecule has 18 nitrogen and oxygen atoms in total. The quantitative estimate of drug-likeness (QED) is 0.187. The number of imide groups is 1. The van der Waals surface area contributed by atoms with Gasteiger partial charge in [-0.1, -0.05) is 54.5 Å². The summed E-state index contributed by atoms with van der Waals surface area (Å²) in [6, 6.07) is 7.51. The summed E-state index contributed by atoms with van der Waals surface area (Å²) in [7, 11) is 5.81. The van der Waals surface area contributed by atoms with Gasteiger partial charge in [-0.05, 0) is 62.6 Å². The van der Waals surface area contributed by atoms with Crippen molar-refractivity contribution in [3.63, 3.8) is 0 Å². The second-order valence-corrected chi connectivity index (χ2v) is 18.8. The molecular weight excluding hydrogens is 900 g/mol. The van der Waals surface area contributed by atoms with E-state index in [1.165, 1.54) is 69.3 Å². The lowest BCUT2D eigenvalue weighted by Crippen LogP contribution is -2.63. The van der Waals surface area contributed by atoms with E-state index in [0.717, 1.165) is 27.8 Å². The molecule has 356 valence electrons. The van der Waals surface area contributed by atoms with Crippen molar-refractivity contribution in [1.29, 1.82) is 0 Å². The van der Waals surface area contributed by atoms with Crippen LogP contribution in [0.25, 0.3) is 0 Å². The van der Waals surface area contributed by atoms with Gasteiger partial charge in [0.05, 0.1) is 42.2 Å². The number of likely N-dealkylation sites (N-methyl/N-ethyl adjacent to an activating group) is 1. The smallest absolute Gasteiger partial charge is 0.409 e. The van der Waals surface area contributed by atoms with Crippen molar-refractivity contribution in [2.24, 2.45) is 5.92 Å². The van der Waals surface area contributed by atoms with Gasteiger partial charge in [-0.3, -0.25) is 24.5 Å². The summed E-state index contributed by atoms with van der Waals surface area (Å²) in [5, 5.41) is 24.8. The molecule has 0 aromatic heterocycles. The van der Waals surface area contributed by atoms with Gasteiger partial charge in [0, 0.05) is 52.1 Å². The molecule has 2 N–H and O–H groups in total. The molecule has 6 rings (SSSR count). The Bertz CT molecular complexity index is 2330. The third-order valence-electron chi connectivity index (χ3n) is 12.6. The Balaban J connectivity index is 1.20. The predicted molar refractivity (Wildman–Crippen MR) is 240 cm³/mol. The number of methoxy groups -OCH3 is 2. The number of carboxylic acid groups (broad SMARTS) is 1. The number of thioether (sulfide) groups is 1. The first kappa shape index (κ1) is 50.0. The Morgan fingerprint density at radius 1 is 1.11 bits per heavy atom. The molecule has 4 aliphatic heterocycles. The number of halogens is 1. The fourth-order valence-electron chi connectivity index (χ4n) is 8.44. The number of aromatic carboxylic acids is 1. The average Bonchev–Trinajstić information content (AvgIpc) is 3.89. The minimum atomic E-state index is -1.89. The van der Waals surface area contributed by atoms with E-state index in [-0.39, 0.29) is 41.3 Å². The molecule has 4 bridgehead atoms. The minimum Gasteiger partial charge on any atom is -0.545 e. The van der Waals surface area contributed by atoms with E-state index in [0.29, 0.717) is 17.9 Å². The normalized spacial score (nSPS) is 29.7. The number of carbonyl (C=O) groups excluding carboxylic acids is 7. The van der Waals surface area contributed by atoms with Crippen LogP contribution in [-0.4, -0.2) is 133 Å². The Morgan fingerprint density at radius 3 is 2.45 bits per heavy atom. The molecule has 0 saturated carbocycles. The van der Waals surface area contributed by atoms with Gasteiger partial charge in [-0.15, -0.1) is 11.8 Å².